The van der Waals surface area contributed by atoms with Gasteiger partial charge in [0.25, 0.3) is 0 Å². The Balaban J connectivity index is 0.000000182. The number of anilines is 2. The van der Waals surface area contributed by atoms with Crippen molar-refractivity contribution in [2.45, 2.75) is 54.7 Å². The summed E-state index contributed by atoms with van der Waals surface area (Å²) in [4.78, 5) is 8.32. The van der Waals surface area contributed by atoms with Crippen molar-refractivity contribution < 1.29 is 43.0 Å². The zero-order chi connectivity index (χ0) is 55.9. The minimum Gasteiger partial charge on any atom is -0.379 e. The first-order valence-corrected chi connectivity index (χ1v) is 28.1. The molecule has 10 rings (SSSR count). The Morgan fingerprint density at radius 1 is 0.526 bits per heavy atom. The Bertz CT molecular complexity index is 4050. The highest BCUT2D eigenvalue weighted by Crippen LogP contribution is 2.36. The first kappa shape index (κ1) is 55.9. The van der Waals surface area contributed by atoms with Gasteiger partial charge in [0.1, 0.15) is 9.79 Å². The molecule has 0 radical (unpaired) electrons. The number of pyridine rings is 2. The standard InChI is InChI=1S/C29H29N5O2S.C25H21N5O2S.CHF3O3S/c1-29(2,3)33-37(35,36)24-16-23(19-30-20-24)26-17-27(31-18-21-10-6-4-7-11-21)28-25(14-15-34(28)32-26)22-12-8-5-9-13-22;26-33(31,32)21-13-20(16-27-17-21)23-14-24(28-15-18-7-3-1-4-8-18)25-22(11-12-30(25)29-23)19-9-5-2-6-10-19;2-1(3,4)8(5,6)7/h4-17,19-20,31,33H,18H2,1-3H3;1-14,16-17,28H,15H2,(H2,26,31,32);(H,5,6,7). The quantitative estimate of drug-likeness (QED) is 0.0533. The lowest BCUT2D eigenvalue weighted by Crippen LogP contribution is -2.40. The minimum atomic E-state index is -5.84. The summed E-state index contributed by atoms with van der Waals surface area (Å²) in [5, 5.41) is 22.0. The summed E-state index contributed by atoms with van der Waals surface area (Å²) in [7, 11) is -13.5. The number of alkyl halides is 3. The Labute approximate surface area is 448 Å². The molecule has 0 saturated carbocycles. The highest BCUT2D eigenvalue weighted by atomic mass is 32.2. The number of nitrogens with zero attached hydrogens (tertiary/aromatic N) is 6. The van der Waals surface area contributed by atoms with Crippen molar-refractivity contribution in [1.82, 2.24) is 33.9 Å². The van der Waals surface area contributed by atoms with Crippen LogP contribution < -0.4 is 20.5 Å². The van der Waals surface area contributed by atoms with Crippen LogP contribution in [0.2, 0.25) is 0 Å². The molecule has 6 N–H and O–H groups in total. The number of aromatic nitrogens is 6. The highest BCUT2D eigenvalue weighted by Gasteiger charge is 2.44. The molecule has 0 bridgehead atoms. The molecule has 0 aliphatic heterocycles. The van der Waals surface area contributed by atoms with Crippen molar-refractivity contribution in [2.24, 2.45) is 5.14 Å². The molecule has 0 saturated heterocycles. The normalized spacial score (nSPS) is 12.1. The van der Waals surface area contributed by atoms with Crippen LogP contribution in [0.1, 0.15) is 31.9 Å². The largest absolute Gasteiger partial charge is 0.522 e. The molecular formula is C55H51F3N10O7S3. The lowest BCUT2D eigenvalue weighted by molar-refractivity contribution is -0.0510. The van der Waals surface area contributed by atoms with E-state index in [-0.39, 0.29) is 9.79 Å². The number of benzene rings is 4. The fourth-order valence-electron chi connectivity index (χ4n) is 7.97. The van der Waals surface area contributed by atoms with E-state index in [1.54, 1.807) is 43.7 Å². The van der Waals surface area contributed by atoms with Gasteiger partial charge in [-0.15, -0.1) is 0 Å². The van der Waals surface area contributed by atoms with Crippen molar-refractivity contribution in [1.29, 1.82) is 0 Å². The maximum absolute atomic E-state index is 12.9. The molecule has 0 aliphatic carbocycles. The number of hydrogen-bond donors (Lipinski definition) is 5. The zero-order valence-electron chi connectivity index (χ0n) is 41.9. The van der Waals surface area contributed by atoms with Crippen LogP contribution in [0.5, 0.6) is 0 Å². The summed E-state index contributed by atoms with van der Waals surface area (Å²) in [6, 6.07) is 51.6. The van der Waals surface area contributed by atoms with Crippen LogP contribution in [0.25, 0.3) is 55.8 Å². The van der Waals surface area contributed by atoms with Crippen LogP contribution in [-0.4, -0.2) is 70.0 Å². The van der Waals surface area contributed by atoms with Gasteiger partial charge in [-0.2, -0.15) is 31.8 Å². The first-order chi connectivity index (χ1) is 36.9. The molecule has 402 valence electrons. The van der Waals surface area contributed by atoms with Gasteiger partial charge in [0.2, 0.25) is 20.0 Å². The highest BCUT2D eigenvalue weighted by molar-refractivity contribution is 7.89. The maximum Gasteiger partial charge on any atom is 0.522 e. The maximum atomic E-state index is 12.9. The second kappa shape index (κ2) is 23.1. The molecule has 0 atom stereocenters. The lowest BCUT2D eigenvalue weighted by atomic mass is 10.1. The predicted octanol–water partition coefficient (Wildman–Crippen LogP) is 10.5. The molecular weight excluding hydrogens is 1070 g/mol. The van der Waals surface area contributed by atoms with Crippen molar-refractivity contribution in [3.63, 3.8) is 0 Å². The van der Waals surface area contributed by atoms with E-state index in [0.717, 1.165) is 55.8 Å². The van der Waals surface area contributed by atoms with Crippen molar-refractivity contribution in [3.05, 3.63) is 206 Å². The summed E-state index contributed by atoms with van der Waals surface area (Å²) in [5.74, 6) is 0. The monoisotopic (exact) mass is 1120 g/mol. The number of rotatable bonds is 13. The van der Waals surface area contributed by atoms with Gasteiger partial charge in [-0.05, 0) is 79.4 Å². The van der Waals surface area contributed by atoms with E-state index in [1.165, 1.54) is 18.5 Å². The summed E-state index contributed by atoms with van der Waals surface area (Å²) < 4.78 is 113. The molecule has 6 aromatic heterocycles. The summed E-state index contributed by atoms with van der Waals surface area (Å²) in [6.07, 6.45) is 9.61. The molecule has 4 aromatic carbocycles. The Hall–Kier alpha value is -8.32. The number of nitrogens with two attached hydrogens (primary N) is 1. The number of nitrogens with one attached hydrogen (secondary N) is 3. The zero-order valence-corrected chi connectivity index (χ0v) is 44.4. The lowest BCUT2D eigenvalue weighted by Gasteiger charge is -2.20. The number of halogens is 3. The van der Waals surface area contributed by atoms with E-state index in [1.807, 2.05) is 114 Å². The minimum absolute atomic E-state index is 0.0572. The molecule has 0 fully saturated rings. The summed E-state index contributed by atoms with van der Waals surface area (Å²) in [6.45, 7) is 6.66. The van der Waals surface area contributed by atoms with Crippen LogP contribution >= 0.6 is 0 Å². The molecule has 0 spiro atoms. The van der Waals surface area contributed by atoms with Gasteiger partial charge in [-0.25, -0.2) is 35.7 Å². The van der Waals surface area contributed by atoms with Crippen molar-refractivity contribution in [3.8, 4) is 44.8 Å². The van der Waals surface area contributed by atoms with Crippen LogP contribution in [0, 0.1) is 0 Å². The topological polar surface area (TPSA) is 245 Å². The van der Waals surface area contributed by atoms with Crippen molar-refractivity contribution in [2.75, 3.05) is 10.6 Å². The average Bonchev–Trinajstić information content (AvgIpc) is 4.09. The number of primary sulfonamides is 1. The fourth-order valence-corrected chi connectivity index (χ4v) is 9.87. The predicted molar refractivity (Wildman–Crippen MR) is 294 cm³/mol. The van der Waals surface area contributed by atoms with Gasteiger partial charge < -0.3 is 10.6 Å². The Morgan fingerprint density at radius 3 is 1.27 bits per heavy atom. The van der Waals surface area contributed by atoms with Crippen LogP contribution in [-0.2, 0) is 43.3 Å². The van der Waals surface area contributed by atoms with E-state index in [9.17, 15) is 30.0 Å². The second-order valence-electron chi connectivity index (χ2n) is 18.5. The molecule has 0 amide bonds. The van der Waals surface area contributed by atoms with Gasteiger partial charge in [-0.1, -0.05) is 121 Å². The number of hydrogen-bond acceptors (Lipinski definition) is 12. The molecule has 0 aliphatic rings. The van der Waals surface area contributed by atoms with Crippen LogP contribution in [0.4, 0.5) is 24.5 Å². The SMILES string of the molecule is CC(C)(C)NS(=O)(=O)c1cncc(-c2cc(NCc3ccccc3)c3c(-c4ccccc4)ccn3n2)c1.NS(=O)(=O)c1cncc(-c2cc(NCc3ccccc3)c3c(-c4ccccc4)ccn3n2)c1.O=S(=O)(O)C(F)(F)F. The van der Waals surface area contributed by atoms with Crippen molar-refractivity contribution >= 4 is 52.6 Å². The summed E-state index contributed by atoms with van der Waals surface area (Å²) in [5.41, 5.74) is 6.38. The molecule has 17 nitrogen and oxygen atoms in total. The fraction of sp³-hybridized carbons (Fsp3) is 0.127. The Morgan fingerprint density at radius 2 is 0.897 bits per heavy atom. The van der Waals surface area contributed by atoms with E-state index in [2.05, 4.69) is 73.9 Å². The Kier molecular flexibility index (Phi) is 16.6. The van der Waals surface area contributed by atoms with E-state index in [0.29, 0.717) is 35.6 Å². The molecule has 6 heterocycles. The summed E-state index contributed by atoms with van der Waals surface area (Å²) >= 11 is 0. The van der Waals surface area contributed by atoms with E-state index < -0.39 is 41.2 Å². The third-order valence-electron chi connectivity index (χ3n) is 11.4. The molecule has 10 aromatic rings. The average molecular weight is 1120 g/mol. The van der Waals surface area contributed by atoms with Gasteiger partial charge in [-0.3, -0.25) is 14.5 Å². The number of sulfonamides is 2. The molecule has 78 heavy (non-hydrogen) atoms. The van der Waals surface area contributed by atoms with Gasteiger partial charge in [0.05, 0.1) is 33.8 Å². The second-order valence-corrected chi connectivity index (χ2v) is 23.1. The van der Waals surface area contributed by atoms with Gasteiger partial charge in [0, 0.05) is 78.1 Å². The van der Waals surface area contributed by atoms with Crippen LogP contribution in [0.15, 0.2) is 205 Å². The molecule has 0 unspecified atom stereocenters. The smallest absolute Gasteiger partial charge is 0.379 e. The third kappa shape index (κ3) is 14.0. The van der Waals surface area contributed by atoms with Crippen LogP contribution in [0.3, 0.4) is 0 Å². The van der Waals surface area contributed by atoms with Gasteiger partial charge >= 0.3 is 15.6 Å². The molecule has 23 heteroatoms. The number of fused-ring (bicyclic) bond motifs is 2. The van der Waals surface area contributed by atoms with E-state index in [4.69, 9.17) is 28.3 Å². The third-order valence-corrected chi connectivity index (χ3v) is 14.6. The first-order valence-electron chi connectivity index (χ1n) is 23.7. The van der Waals surface area contributed by atoms with Gasteiger partial charge in [0.15, 0.2) is 0 Å². The van der Waals surface area contributed by atoms with E-state index >= 15 is 0 Å².